The molecule has 7 nitrogen and oxygen atoms in total. The number of amides is 2. The van der Waals surface area contributed by atoms with Crippen LogP contribution in [0.25, 0.3) is 0 Å². The third kappa shape index (κ3) is 6.48. The lowest BCUT2D eigenvalue weighted by atomic mass is 10.0. The van der Waals surface area contributed by atoms with Crippen molar-refractivity contribution < 1.29 is 14.1 Å². The van der Waals surface area contributed by atoms with Crippen LogP contribution in [0.1, 0.15) is 42.7 Å². The number of hydrogen-bond acceptors (Lipinski definition) is 6. The van der Waals surface area contributed by atoms with Crippen LogP contribution in [0, 0.1) is 13.8 Å². The third-order valence-electron chi connectivity index (χ3n) is 4.51. The van der Waals surface area contributed by atoms with E-state index in [1.165, 1.54) is 0 Å². The highest BCUT2D eigenvalue weighted by Gasteiger charge is 2.26. The summed E-state index contributed by atoms with van der Waals surface area (Å²) in [5.41, 5.74) is 7.35. The van der Waals surface area contributed by atoms with Crippen molar-refractivity contribution in [1.29, 1.82) is 0 Å². The largest absolute Gasteiger partial charge is 0.361 e. The number of aryl methyl sites for hydroxylation is 2. The Bertz CT molecular complexity index is 577. The Kier molecular flexibility index (Phi) is 10.0. The Balaban J connectivity index is 0.00000338. The number of carbonyl (C=O) groups excluding carboxylic acids is 2. The molecule has 0 radical (unpaired) electrons. The maximum absolute atomic E-state index is 12.6. The molecule has 9 heteroatoms. The molecule has 2 heterocycles. The van der Waals surface area contributed by atoms with E-state index in [4.69, 9.17) is 10.3 Å². The molecule has 1 fully saturated rings. The zero-order valence-electron chi connectivity index (χ0n) is 15.5. The summed E-state index contributed by atoms with van der Waals surface area (Å²) in [7, 11) is 0. The number of hydrogen-bond donors (Lipinski definition) is 2. The summed E-state index contributed by atoms with van der Waals surface area (Å²) in [6.07, 6.45) is 3.37. The minimum Gasteiger partial charge on any atom is -0.361 e. The number of halogens is 1. The highest BCUT2D eigenvalue weighted by Crippen LogP contribution is 2.22. The average molecular weight is 405 g/mol. The molecular weight excluding hydrogens is 376 g/mol. The van der Waals surface area contributed by atoms with Gasteiger partial charge in [-0.15, -0.1) is 24.2 Å². The minimum atomic E-state index is -0.0479. The SMILES string of the molecule is Cc1noc(C)c1CSCC(=O)N1CCCCC1CNC(=O)CCN.Cl. The van der Waals surface area contributed by atoms with E-state index in [2.05, 4.69) is 10.5 Å². The van der Waals surface area contributed by atoms with Gasteiger partial charge in [0.25, 0.3) is 0 Å². The summed E-state index contributed by atoms with van der Waals surface area (Å²) in [5, 5.41) is 6.83. The second kappa shape index (κ2) is 11.5. The standard InChI is InChI=1S/C17H28N4O3S.ClH/c1-12-15(13(2)24-20-12)10-25-11-17(23)21-8-4-3-5-14(21)9-19-16(22)6-7-18;/h14H,3-11,18H2,1-2H3,(H,19,22);1H. The van der Waals surface area contributed by atoms with Crippen molar-refractivity contribution in [3.05, 3.63) is 17.0 Å². The average Bonchev–Trinajstić information content (AvgIpc) is 2.92. The van der Waals surface area contributed by atoms with Crippen LogP contribution < -0.4 is 11.1 Å². The fourth-order valence-electron chi connectivity index (χ4n) is 3.02. The molecule has 1 saturated heterocycles. The first-order valence-electron chi connectivity index (χ1n) is 8.78. The Morgan fingerprint density at radius 3 is 2.81 bits per heavy atom. The first-order valence-corrected chi connectivity index (χ1v) is 9.94. The van der Waals surface area contributed by atoms with Crippen LogP contribution in [0.4, 0.5) is 0 Å². The zero-order chi connectivity index (χ0) is 18.2. The van der Waals surface area contributed by atoms with Gasteiger partial charge >= 0.3 is 0 Å². The van der Waals surface area contributed by atoms with Crippen molar-refractivity contribution in [2.24, 2.45) is 5.73 Å². The maximum atomic E-state index is 12.6. The molecule has 1 aliphatic heterocycles. The second-order valence-corrected chi connectivity index (χ2v) is 7.36. The molecule has 0 spiro atoms. The summed E-state index contributed by atoms with van der Waals surface area (Å²) < 4.78 is 5.15. The van der Waals surface area contributed by atoms with Crippen LogP contribution in [-0.4, -0.2) is 53.3 Å². The van der Waals surface area contributed by atoms with Crippen LogP contribution >= 0.6 is 24.2 Å². The van der Waals surface area contributed by atoms with E-state index in [1.54, 1.807) is 11.8 Å². The van der Waals surface area contributed by atoms with E-state index in [0.717, 1.165) is 48.6 Å². The third-order valence-corrected chi connectivity index (χ3v) is 5.45. The Labute approximate surface area is 165 Å². The van der Waals surface area contributed by atoms with Gasteiger partial charge in [-0.05, 0) is 33.1 Å². The normalized spacial score (nSPS) is 16.9. The number of nitrogens with zero attached hydrogens (tertiary/aromatic N) is 2. The molecule has 0 saturated carbocycles. The summed E-state index contributed by atoms with van der Waals surface area (Å²) in [4.78, 5) is 26.1. The minimum absolute atomic E-state index is 0. The van der Waals surface area contributed by atoms with Gasteiger partial charge in [0.15, 0.2) is 0 Å². The Hall–Kier alpha value is -1.25. The smallest absolute Gasteiger partial charge is 0.232 e. The molecule has 148 valence electrons. The molecule has 1 aromatic rings. The number of aromatic nitrogens is 1. The van der Waals surface area contributed by atoms with Crippen molar-refractivity contribution in [3.63, 3.8) is 0 Å². The first kappa shape index (κ1) is 22.8. The predicted octanol–water partition coefficient (Wildman–Crippen LogP) is 1.79. The molecule has 3 N–H and O–H groups in total. The lowest BCUT2D eigenvalue weighted by Crippen LogP contribution is -2.50. The van der Waals surface area contributed by atoms with Crippen molar-refractivity contribution >= 4 is 36.0 Å². The number of nitrogens with two attached hydrogens (primary N) is 1. The van der Waals surface area contributed by atoms with Gasteiger partial charge in [-0.3, -0.25) is 9.59 Å². The van der Waals surface area contributed by atoms with Gasteiger partial charge in [0.05, 0.1) is 11.4 Å². The molecule has 1 aliphatic rings. The lowest BCUT2D eigenvalue weighted by molar-refractivity contribution is -0.132. The zero-order valence-corrected chi connectivity index (χ0v) is 17.1. The number of nitrogens with one attached hydrogen (secondary N) is 1. The summed E-state index contributed by atoms with van der Waals surface area (Å²) in [5.74, 6) is 2.05. The number of piperidine rings is 1. The van der Waals surface area contributed by atoms with Gasteiger partial charge in [0, 0.05) is 43.4 Å². The Morgan fingerprint density at radius 2 is 2.15 bits per heavy atom. The predicted molar refractivity (Wildman–Crippen MR) is 105 cm³/mol. The van der Waals surface area contributed by atoms with Crippen molar-refractivity contribution in [2.45, 2.75) is 51.3 Å². The highest BCUT2D eigenvalue weighted by atomic mass is 35.5. The first-order chi connectivity index (χ1) is 12.0. The lowest BCUT2D eigenvalue weighted by Gasteiger charge is -2.36. The van der Waals surface area contributed by atoms with Crippen LogP contribution in [0.3, 0.4) is 0 Å². The van der Waals surface area contributed by atoms with Crippen LogP contribution in [0.2, 0.25) is 0 Å². The monoisotopic (exact) mass is 404 g/mol. The molecule has 2 rings (SSSR count). The maximum Gasteiger partial charge on any atom is 0.232 e. The highest BCUT2D eigenvalue weighted by molar-refractivity contribution is 7.99. The van der Waals surface area contributed by atoms with Crippen molar-refractivity contribution in [3.8, 4) is 0 Å². The van der Waals surface area contributed by atoms with E-state index >= 15 is 0 Å². The summed E-state index contributed by atoms with van der Waals surface area (Å²) >= 11 is 1.58. The van der Waals surface area contributed by atoms with Crippen LogP contribution in [-0.2, 0) is 15.3 Å². The molecule has 1 atom stereocenters. The summed E-state index contributed by atoms with van der Waals surface area (Å²) in [6, 6.07) is 0.0858. The molecule has 0 aliphatic carbocycles. The van der Waals surface area contributed by atoms with Crippen LogP contribution in [0.15, 0.2) is 4.52 Å². The van der Waals surface area contributed by atoms with Gasteiger partial charge in [0.2, 0.25) is 11.8 Å². The number of carbonyl (C=O) groups is 2. The van der Waals surface area contributed by atoms with Gasteiger partial charge < -0.3 is 20.5 Å². The van der Waals surface area contributed by atoms with Crippen LogP contribution in [0.5, 0.6) is 0 Å². The van der Waals surface area contributed by atoms with Gasteiger partial charge in [-0.25, -0.2) is 0 Å². The van der Waals surface area contributed by atoms with Gasteiger partial charge in [-0.1, -0.05) is 5.16 Å². The molecule has 26 heavy (non-hydrogen) atoms. The Morgan fingerprint density at radius 1 is 1.38 bits per heavy atom. The topological polar surface area (TPSA) is 101 Å². The molecular formula is C17H29ClN4O3S. The molecule has 1 aromatic heterocycles. The van der Waals surface area contributed by atoms with Crippen molar-refractivity contribution in [2.75, 3.05) is 25.4 Å². The van der Waals surface area contributed by atoms with Gasteiger partial charge in [-0.2, -0.15) is 0 Å². The number of thioether (sulfide) groups is 1. The summed E-state index contributed by atoms with van der Waals surface area (Å²) in [6.45, 7) is 5.43. The number of likely N-dealkylation sites (tertiary alicyclic amines) is 1. The van der Waals surface area contributed by atoms with Crippen molar-refractivity contribution in [1.82, 2.24) is 15.4 Å². The fourth-order valence-corrected chi connectivity index (χ4v) is 4.08. The van der Waals surface area contributed by atoms with Gasteiger partial charge in [0.1, 0.15) is 5.76 Å². The number of rotatable bonds is 8. The van der Waals surface area contributed by atoms with E-state index in [1.807, 2.05) is 18.7 Å². The molecule has 0 aromatic carbocycles. The molecule has 0 bridgehead atoms. The second-order valence-electron chi connectivity index (χ2n) is 6.38. The quantitative estimate of drug-likeness (QED) is 0.684. The van der Waals surface area contributed by atoms with E-state index in [-0.39, 0.29) is 30.3 Å². The molecule has 2 amide bonds. The van der Waals surface area contributed by atoms with E-state index in [0.29, 0.717) is 25.3 Å². The van der Waals surface area contributed by atoms with E-state index in [9.17, 15) is 9.59 Å². The molecule has 1 unspecified atom stereocenters. The fraction of sp³-hybridized carbons (Fsp3) is 0.706. The van der Waals surface area contributed by atoms with E-state index < -0.39 is 0 Å².